The van der Waals surface area contributed by atoms with Crippen LogP contribution in [0, 0.1) is 17.8 Å². The summed E-state index contributed by atoms with van der Waals surface area (Å²) in [6, 6.07) is 0. The second kappa shape index (κ2) is 6.00. The lowest BCUT2D eigenvalue weighted by molar-refractivity contribution is -0.104. The van der Waals surface area contributed by atoms with Crippen molar-refractivity contribution in [3.05, 3.63) is 12.2 Å². The lowest BCUT2D eigenvalue weighted by atomic mass is 9.74. The summed E-state index contributed by atoms with van der Waals surface area (Å²) in [5.41, 5.74) is 0. The molecule has 1 heteroatoms. The van der Waals surface area contributed by atoms with Crippen LogP contribution in [0.25, 0.3) is 0 Å². The maximum absolute atomic E-state index is 10.1. The Balaban J connectivity index is 2.36. The van der Waals surface area contributed by atoms with Gasteiger partial charge >= 0.3 is 0 Å². The Bertz CT molecular complexity index is 195. The van der Waals surface area contributed by atoms with Crippen molar-refractivity contribution >= 4 is 6.29 Å². The van der Waals surface area contributed by atoms with Crippen LogP contribution in [0.15, 0.2) is 12.2 Å². The highest BCUT2D eigenvalue weighted by molar-refractivity contribution is 5.64. The van der Waals surface area contributed by atoms with Gasteiger partial charge in [0.05, 0.1) is 0 Å². The minimum atomic E-state index is 0.819. The molecule has 0 radical (unpaired) electrons. The minimum absolute atomic E-state index is 0.819. The van der Waals surface area contributed by atoms with Crippen LogP contribution in [-0.4, -0.2) is 6.29 Å². The molecule has 0 aromatic carbocycles. The van der Waals surface area contributed by atoms with E-state index < -0.39 is 0 Å². The highest BCUT2D eigenvalue weighted by atomic mass is 16.1. The Hall–Kier alpha value is -0.590. The van der Waals surface area contributed by atoms with Crippen LogP contribution in [0.2, 0.25) is 0 Å². The fraction of sp³-hybridized carbons (Fsp3) is 0.769. The third-order valence-electron chi connectivity index (χ3n) is 3.40. The zero-order valence-corrected chi connectivity index (χ0v) is 9.41. The monoisotopic (exact) mass is 194 g/mol. The number of rotatable bonds is 4. The molecular formula is C13H22O. The first-order valence-electron chi connectivity index (χ1n) is 5.86. The predicted molar refractivity (Wildman–Crippen MR) is 60.1 cm³/mol. The summed E-state index contributed by atoms with van der Waals surface area (Å²) >= 11 is 0. The number of hydrogen-bond donors (Lipinski definition) is 0. The van der Waals surface area contributed by atoms with Crippen LogP contribution in [0.3, 0.4) is 0 Å². The van der Waals surface area contributed by atoms with Crippen LogP contribution >= 0.6 is 0 Å². The van der Waals surface area contributed by atoms with Crippen molar-refractivity contribution in [2.45, 2.75) is 46.0 Å². The molecule has 0 saturated heterocycles. The van der Waals surface area contributed by atoms with Gasteiger partial charge in [-0.05, 0) is 49.5 Å². The molecular weight excluding hydrogens is 172 g/mol. The molecule has 1 nitrogen and oxygen atoms in total. The number of hydrogen-bond acceptors (Lipinski definition) is 1. The second-order valence-corrected chi connectivity index (χ2v) is 4.75. The lowest BCUT2D eigenvalue weighted by Gasteiger charge is -2.32. The van der Waals surface area contributed by atoms with Gasteiger partial charge in [0.1, 0.15) is 6.29 Å². The van der Waals surface area contributed by atoms with Crippen molar-refractivity contribution in [1.29, 1.82) is 0 Å². The molecule has 1 saturated carbocycles. The molecule has 0 amide bonds. The first-order chi connectivity index (χ1) is 6.76. The van der Waals surface area contributed by atoms with E-state index in [1.165, 1.54) is 25.7 Å². The molecule has 0 aromatic rings. The van der Waals surface area contributed by atoms with Crippen molar-refractivity contribution in [1.82, 2.24) is 0 Å². The molecule has 1 aliphatic carbocycles. The highest BCUT2D eigenvalue weighted by Gasteiger charge is 2.24. The van der Waals surface area contributed by atoms with Gasteiger partial charge in [0.25, 0.3) is 0 Å². The largest absolute Gasteiger partial charge is 0.299 e. The molecule has 0 N–H and O–H groups in total. The zero-order valence-electron chi connectivity index (χ0n) is 9.41. The van der Waals surface area contributed by atoms with E-state index in [1.807, 2.05) is 6.08 Å². The Kier molecular flexibility index (Phi) is 4.92. The first kappa shape index (κ1) is 11.5. The summed E-state index contributed by atoms with van der Waals surface area (Å²) < 4.78 is 0. The third-order valence-corrected chi connectivity index (χ3v) is 3.40. The topological polar surface area (TPSA) is 17.1 Å². The van der Waals surface area contributed by atoms with Crippen LogP contribution in [0.1, 0.15) is 46.0 Å². The Morgan fingerprint density at radius 1 is 1.21 bits per heavy atom. The van der Waals surface area contributed by atoms with Crippen LogP contribution < -0.4 is 0 Å². The van der Waals surface area contributed by atoms with Crippen molar-refractivity contribution in [3.63, 3.8) is 0 Å². The normalized spacial score (nSPS) is 33.4. The van der Waals surface area contributed by atoms with E-state index in [0.29, 0.717) is 0 Å². The Morgan fingerprint density at radius 2 is 1.93 bits per heavy atom. The predicted octanol–water partition coefficient (Wildman–Crippen LogP) is 3.59. The molecule has 1 aliphatic rings. The minimum Gasteiger partial charge on any atom is -0.299 e. The quantitative estimate of drug-likeness (QED) is 0.493. The Labute approximate surface area is 87.6 Å². The van der Waals surface area contributed by atoms with Gasteiger partial charge in [0, 0.05) is 0 Å². The van der Waals surface area contributed by atoms with Crippen molar-refractivity contribution in [2.75, 3.05) is 0 Å². The van der Waals surface area contributed by atoms with Crippen LogP contribution in [-0.2, 0) is 4.79 Å². The fourth-order valence-electron chi connectivity index (χ4n) is 2.75. The second-order valence-electron chi connectivity index (χ2n) is 4.75. The van der Waals surface area contributed by atoms with Gasteiger partial charge in [0.15, 0.2) is 0 Å². The van der Waals surface area contributed by atoms with E-state index in [2.05, 4.69) is 13.8 Å². The average molecular weight is 194 g/mol. The summed E-state index contributed by atoms with van der Waals surface area (Å²) in [6.07, 6.45) is 11.1. The summed E-state index contributed by atoms with van der Waals surface area (Å²) in [7, 11) is 0. The van der Waals surface area contributed by atoms with Gasteiger partial charge < -0.3 is 0 Å². The van der Waals surface area contributed by atoms with Crippen molar-refractivity contribution in [3.8, 4) is 0 Å². The molecule has 0 bridgehead atoms. The number of aldehydes is 1. The standard InChI is InChI=1S/C13H22O/c1-3-12-8-11(2)9-13(10-12)6-4-5-7-14/h4-5,7,11-13H,3,6,8-10H2,1-2H3/b5-4+. The lowest BCUT2D eigenvalue weighted by Crippen LogP contribution is -2.20. The van der Waals surface area contributed by atoms with Crippen molar-refractivity contribution < 1.29 is 4.79 Å². The summed E-state index contributed by atoms with van der Waals surface area (Å²) in [6.45, 7) is 4.65. The van der Waals surface area contributed by atoms with Crippen LogP contribution in [0.5, 0.6) is 0 Å². The zero-order chi connectivity index (χ0) is 10.4. The highest BCUT2D eigenvalue weighted by Crippen LogP contribution is 2.36. The van der Waals surface area contributed by atoms with E-state index in [4.69, 9.17) is 0 Å². The number of allylic oxidation sites excluding steroid dienone is 2. The van der Waals surface area contributed by atoms with Gasteiger partial charge in [-0.15, -0.1) is 0 Å². The van der Waals surface area contributed by atoms with Gasteiger partial charge in [-0.1, -0.05) is 26.3 Å². The van der Waals surface area contributed by atoms with Gasteiger partial charge in [-0.2, -0.15) is 0 Å². The molecule has 0 spiro atoms. The van der Waals surface area contributed by atoms with E-state index >= 15 is 0 Å². The first-order valence-corrected chi connectivity index (χ1v) is 5.86. The van der Waals surface area contributed by atoms with Gasteiger partial charge in [0.2, 0.25) is 0 Å². The fourth-order valence-corrected chi connectivity index (χ4v) is 2.75. The summed E-state index contributed by atoms with van der Waals surface area (Å²) in [5, 5.41) is 0. The molecule has 14 heavy (non-hydrogen) atoms. The molecule has 3 atom stereocenters. The molecule has 1 fully saturated rings. The van der Waals surface area contributed by atoms with E-state index in [-0.39, 0.29) is 0 Å². The molecule has 0 heterocycles. The van der Waals surface area contributed by atoms with Gasteiger partial charge in [-0.25, -0.2) is 0 Å². The molecule has 80 valence electrons. The average Bonchev–Trinajstić information content (AvgIpc) is 2.17. The van der Waals surface area contributed by atoms with E-state index in [9.17, 15) is 4.79 Å². The smallest absolute Gasteiger partial charge is 0.142 e. The SMILES string of the molecule is CCC1CC(C)CC(C/C=C/C=O)C1. The van der Waals surface area contributed by atoms with E-state index in [1.54, 1.807) is 6.08 Å². The Morgan fingerprint density at radius 3 is 2.57 bits per heavy atom. The molecule has 0 aliphatic heterocycles. The third kappa shape index (κ3) is 3.65. The molecule has 1 rings (SSSR count). The number of carbonyl (C=O) groups excluding carboxylic acids is 1. The molecule has 0 aromatic heterocycles. The van der Waals surface area contributed by atoms with Crippen molar-refractivity contribution in [2.24, 2.45) is 17.8 Å². The van der Waals surface area contributed by atoms with Gasteiger partial charge in [-0.3, -0.25) is 4.79 Å². The summed E-state index contributed by atoms with van der Waals surface area (Å²) in [4.78, 5) is 10.1. The maximum Gasteiger partial charge on any atom is 0.142 e. The summed E-state index contributed by atoms with van der Waals surface area (Å²) in [5.74, 6) is 2.62. The van der Waals surface area contributed by atoms with Crippen LogP contribution in [0.4, 0.5) is 0 Å². The number of carbonyl (C=O) groups is 1. The maximum atomic E-state index is 10.1. The molecule has 3 unspecified atom stereocenters. The van der Waals surface area contributed by atoms with E-state index in [0.717, 1.165) is 30.5 Å².